The van der Waals surface area contributed by atoms with Crippen molar-refractivity contribution in [3.8, 4) is 22.3 Å². The summed E-state index contributed by atoms with van der Waals surface area (Å²) >= 11 is 0. The zero-order chi connectivity index (χ0) is 23.9. The molecular weight excluding hydrogens is 414 g/mol. The van der Waals surface area contributed by atoms with Crippen molar-refractivity contribution in [3.63, 3.8) is 0 Å². The zero-order valence-electron chi connectivity index (χ0n) is 20.4. The first-order chi connectivity index (χ1) is 16.3. The van der Waals surface area contributed by atoms with Gasteiger partial charge in [0.05, 0.1) is 0 Å². The average Bonchev–Trinajstić information content (AvgIpc) is 2.84. The Kier molecular flexibility index (Phi) is 5.40. The fourth-order valence-electron chi connectivity index (χ4n) is 5.86. The Morgan fingerprint density at radius 2 is 1.18 bits per heavy atom. The van der Waals surface area contributed by atoms with Crippen LogP contribution in [0.4, 0.5) is 5.69 Å². The Labute approximate surface area is 202 Å². The average molecular weight is 446 g/mol. The summed E-state index contributed by atoms with van der Waals surface area (Å²) in [6.45, 7) is 8.35. The fraction of sp³-hybridized carbons (Fsp3) is 0.219. The second kappa shape index (κ2) is 8.29. The number of hydrogen-bond donors (Lipinski definition) is 0. The van der Waals surface area contributed by atoms with Gasteiger partial charge in [-0.1, -0.05) is 97.9 Å². The van der Waals surface area contributed by atoms with Gasteiger partial charge in [0, 0.05) is 23.6 Å². The molecule has 0 fully saturated rings. The molecule has 0 saturated heterocycles. The third-order valence-corrected chi connectivity index (χ3v) is 7.27. The molecule has 0 radical (unpaired) electrons. The SMILES string of the molecule is CC(=O)N1c2ccc(-c3ccc(-c4ccccc4)cc3)cc2C(C)(c2ccccc2)CC1(C)C. The molecule has 1 aliphatic heterocycles. The number of benzene rings is 4. The molecule has 0 spiro atoms. The van der Waals surface area contributed by atoms with Crippen molar-refractivity contribution in [3.05, 3.63) is 114 Å². The van der Waals surface area contributed by atoms with Crippen LogP contribution in [0.1, 0.15) is 45.2 Å². The van der Waals surface area contributed by atoms with Gasteiger partial charge in [0.2, 0.25) is 5.91 Å². The van der Waals surface area contributed by atoms with E-state index in [0.717, 1.165) is 12.1 Å². The number of hydrogen-bond acceptors (Lipinski definition) is 1. The minimum Gasteiger partial charge on any atom is -0.307 e. The van der Waals surface area contributed by atoms with Crippen molar-refractivity contribution in [1.82, 2.24) is 0 Å². The lowest BCUT2D eigenvalue weighted by Crippen LogP contribution is -2.55. The van der Waals surface area contributed by atoms with Crippen molar-refractivity contribution in [2.75, 3.05) is 4.90 Å². The van der Waals surface area contributed by atoms with Crippen molar-refractivity contribution >= 4 is 11.6 Å². The maximum absolute atomic E-state index is 12.8. The Bertz CT molecular complexity index is 1320. The normalized spacial score (nSPS) is 18.9. The van der Waals surface area contributed by atoms with Gasteiger partial charge in [0.15, 0.2) is 0 Å². The minimum atomic E-state index is -0.289. The number of anilines is 1. The van der Waals surface area contributed by atoms with Gasteiger partial charge in [-0.15, -0.1) is 0 Å². The van der Waals surface area contributed by atoms with Crippen LogP contribution in [0.3, 0.4) is 0 Å². The van der Waals surface area contributed by atoms with Crippen molar-refractivity contribution < 1.29 is 4.79 Å². The maximum Gasteiger partial charge on any atom is 0.224 e. The van der Waals surface area contributed by atoms with Gasteiger partial charge in [0.25, 0.3) is 0 Å². The van der Waals surface area contributed by atoms with E-state index in [9.17, 15) is 4.79 Å². The Hall–Kier alpha value is -3.65. The van der Waals surface area contributed by atoms with Crippen LogP contribution in [0.15, 0.2) is 103 Å². The Balaban J connectivity index is 1.64. The monoisotopic (exact) mass is 445 g/mol. The third-order valence-electron chi connectivity index (χ3n) is 7.27. The molecule has 170 valence electrons. The summed E-state index contributed by atoms with van der Waals surface area (Å²) in [4.78, 5) is 14.8. The van der Waals surface area contributed by atoms with Gasteiger partial charge in [-0.05, 0) is 65.8 Å². The number of fused-ring (bicyclic) bond motifs is 1. The topological polar surface area (TPSA) is 20.3 Å². The lowest BCUT2D eigenvalue weighted by Gasteiger charge is -2.51. The van der Waals surface area contributed by atoms with E-state index >= 15 is 0 Å². The second-order valence-electron chi connectivity index (χ2n) is 10.2. The summed E-state index contributed by atoms with van der Waals surface area (Å²) < 4.78 is 0. The first kappa shape index (κ1) is 22.2. The predicted octanol–water partition coefficient (Wildman–Crippen LogP) is 7.86. The summed E-state index contributed by atoms with van der Waals surface area (Å²) in [7, 11) is 0. The van der Waals surface area contributed by atoms with Crippen molar-refractivity contribution in [1.29, 1.82) is 0 Å². The number of carbonyl (C=O) groups is 1. The number of rotatable bonds is 3. The largest absolute Gasteiger partial charge is 0.307 e. The molecule has 2 heteroatoms. The molecule has 34 heavy (non-hydrogen) atoms. The predicted molar refractivity (Wildman–Crippen MR) is 142 cm³/mol. The molecule has 4 aromatic carbocycles. The van der Waals surface area contributed by atoms with Crippen LogP contribution in [0, 0.1) is 0 Å². The smallest absolute Gasteiger partial charge is 0.224 e. The fourth-order valence-corrected chi connectivity index (χ4v) is 5.86. The lowest BCUT2D eigenvalue weighted by atomic mass is 9.65. The molecule has 0 bridgehead atoms. The summed E-state index contributed by atoms with van der Waals surface area (Å²) in [5, 5.41) is 0. The molecule has 1 unspecified atom stereocenters. The standard InChI is InChI=1S/C32H31NO/c1-23(34)33-30-20-19-27(26-17-15-25(16-18-26)24-11-7-5-8-12-24)21-29(30)32(4,22-31(33,2)3)28-13-9-6-10-14-28/h5-21H,22H2,1-4H3. The number of amides is 1. The van der Waals surface area contributed by atoms with E-state index in [1.165, 1.54) is 33.4 Å². The highest BCUT2D eigenvalue weighted by Gasteiger charge is 2.47. The van der Waals surface area contributed by atoms with Crippen LogP contribution in [-0.4, -0.2) is 11.4 Å². The summed E-state index contributed by atoms with van der Waals surface area (Å²) in [5.41, 5.74) is 7.79. The maximum atomic E-state index is 12.8. The van der Waals surface area contributed by atoms with E-state index in [0.29, 0.717) is 0 Å². The van der Waals surface area contributed by atoms with Crippen molar-refractivity contribution in [2.24, 2.45) is 0 Å². The van der Waals surface area contributed by atoms with Crippen LogP contribution in [0.2, 0.25) is 0 Å². The van der Waals surface area contributed by atoms with Gasteiger partial charge in [-0.3, -0.25) is 4.79 Å². The van der Waals surface area contributed by atoms with E-state index in [1.807, 2.05) is 11.0 Å². The van der Waals surface area contributed by atoms with Gasteiger partial charge in [0.1, 0.15) is 0 Å². The molecule has 1 amide bonds. The Morgan fingerprint density at radius 1 is 0.676 bits per heavy atom. The van der Waals surface area contributed by atoms with Crippen LogP contribution < -0.4 is 4.90 Å². The molecule has 1 heterocycles. The Morgan fingerprint density at radius 3 is 1.76 bits per heavy atom. The van der Waals surface area contributed by atoms with Crippen LogP contribution >= 0.6 is 0 Å². The number of nitrogens with zero attached hydrogens (tertiary/aromatic N) is 1. The summed E-state index contributed by atoms with van der Waals surface area (Å²) in [6, 6.07) is 36.5. The minimum absolute atomic E-state index is 0.0846. The first-order valence-corrected chi connectivity index (χ1v) is 12.0. The van der Waals surface area contributed by atoms with Gasteiger partial charge in [-0.2, -0.15) is 0 Å². The van der Waals surface area contributed by atoms with E-state index in [1.54, 1.807) is 6.92 Å². The van der Waals surface area contributed by atoms with Crippen LogP contribution in [0.5, 0.6) is 0 Å². The molecule has 0 N–H and O–H groups in total. The highest BCUT2D eigenvalue weighted by molar-refractivity contribution is 5.95. The van der Waals surface area contributed by atoms with E-state index < -0.39 is 0 Å². The van der Waals surface area contributed by atoms with Gasteiger partial charge in [-0.25, -0.2) is 0 Å². The molecule has 0 aliphatic carbocycles. The van der Waals surface area contributed by atoms with Gasteiger partial charge >= 0.3 is 0 Å². The van der Waals surface area contributed by atoms with Crippen LogP contribution in [-0.2, 0) is 10.2 Å². The summed E-state index contributed by atoms with van der Waals surface area (Å²) in [6.07, 6.45) is 0.854. The molecule has 0 saturated carbocycles. The third kappa shape index (κ3) is 3.74. The molecule has 0 aromatic heterocycles. The summed E-state index contributed by atoms with van der Waals surface area (Å²) in [5.74, 6) is 0.0846. The molecule has 4 aromatic rings. The zero-order valence-corrected chi connectivity index (χ0v) is 20.4. The highest BCUT2D eigenvalue weighted by atomic mass is 16.2. The molecule has 2 nitrogen and oxygen atoms in total. The molecule has 1 aliphatic rings. The molecule has 1 atom stereocenters. The van der Waals surface area contributed by atoms with E-state index in [2.05, 4.69) is 118 Å². The van der Waals surface area contributed by atoms with Crippen molar-refractivity contribution in [2.45, 2.75) is 45.1 Å². The quantitative estimate of drug-likeness (QED) is 0.314. The highest BCUT2D eigenvalue weighted by Crippen LogP contribution is 2.51. The molecular formula is C32H31NO. The van der Waals surface area contributed by atoms with E-state index in [-0.39, 0.29) is 16.9 Å². The molecule has 5 rings (SSSR count). The number of carbonyl (C=O) groups excluding carboxylic acids is 1. The first-order valence-electron chi connectivity index (χ1n) is 12.0. The van der Waals surface area contributed by atoms with Crippen LogP contribution in [0.25, 0.3) is 22.3 Å². The van der Waals surface area contributed by atoms with Gasteiger partial charge < -0.3 is 4.90 Å². The lowest BCUT2D eigenvalue weighted by molar-refractivity contribution is -0.117. The second-order valence-corrected chi connectivity index (χ2v) is 10.2. The van der Waals surface area contributed by atoms with E-state index in [4.69, 9.17) is 0 Å².